The summed E-state index contributed by atoms with van der Waals surface area (Å²) in [7, 11) is 0. The van der Waals surface area contributed by atoms with E-state index in [9.17, 15) is 4.79 Å². The van der Waals surface area contributed by atoms with Crippen LogP contribution in [0.4, 0.5) is 5.69 Å². The summed E-state index contributed by atoms with van der Waals surface area (Å²) in [5.74, 6) is 5.23. The van der Waals surface area contributed by atoms with Gasteiger partial charge in [-0.25, -0.2) is 4.98 Å². The Morgan fingerprint density at radius 1 is 1.20 bits per heavy atom. The van der Waals surface area contributed by atoms with Gasteiger partial charge < -0.3 is 15.8 Å². The van der Waals surface area contributed by atoms with Gasteiger partial charge in [0.05, 0.1) is 11.9 Å². The van der Waals surface area contributed by atoms with E-state index in [4.69, 9.17) is 10.9 Å². The highest BCUT2D eigenvalue weighted by Gasteiger charge is 2.06. The van der Waals surface area contributed by atoms with Crippen molar-refractivity contribution < 1.29 is 9.90 Å². The average Bonchev–Trinajstić information content (AvgIpc) is 2.49. The Morgan fingerprint density at radius 2 is 1.95 bits per heavy atom. The molecule has 20 heavy (non-hydrogen) atoms. The number of hydrazine groups is 1. The van der Waals surface area contributed by atoms with Crippen molar-refractivity contribution in [3.63, 3.8) is 0 Å². The van der Waals surface area contributed by atoms with Gasteiger partial charge in [-0.1, -0.05) is 12.1 Å². The number of nitrogen functional groups attached to an aromatic ring is 1. The number of rotatable bonds is 5. The molecule has 1 heterocycles. The first kappa shape index (κ1) is 13.8. The highest BCUT2D eigenvalue weighted by molar-refractivity contribution is 5.92. The van der Waals surface area contributed by atoms with Gasteiger partial charge in [0, 0.05) is 6.54 Å². The molecule has 0 spiro atoms. The molecular weight excluding hydrogens is 256 g/mol. The topological polar surface area (TPSA) is 100 Å². The minimum absolute atomic E-state index is 0.229. The zero-order chi connectivity index (χ0) is 14.4. The van der Waals surface area contributed by atoms with Gasteiger partial charge in [-0.05, 0) is 36.2 Å². The Bertz CT molecular complexity index is 567. The van der Waals surface area contributed by atoms with Crippen LogP contribution >= 0.6 is 0 Å². The monoisotopic (exact) mass is 272 g/mol. The molecule has 2 aromatic rings. The lowest BCUT2D eigenvalue weighted by molar-refractivity contribution is 0.0949. The van der Waals surface area contributed by atoms with Crippen molar-refractivity contribution in [1.29, 1.82) is 0 Å². The number of benzene rings is 1. The maximum absolute atomic E-state index is 11.8. The number of carbonyl (C=O) groups excluding carboxylic acids is 1. The molecule has 2 rings (SSSR count). The van der Waals surface area contributed by atoms with E-state index in [2.05, 4.69) is 15.7 Å². The third kappa shape index (κ3) is 3.69. The predicted octanol–water partition coefficient (Wildman–Crippen LogP) is 1.05. The van der Waals surface area contributed by atoms with Crippen molar-refractivity contribution in [3.05, 3.63) is 53.9 Å². The average molecular weight is 272 g/mol. The highest BCUT2D eigenvalue weighted by atomic mass is 16.3. The Kier molecular flexibility index (Phi) is 4.52. The molecule has 0 fully saturated rings. The van der Waals surface area contributed by atoms with Crippen LogP contribution < -0.4 is 16.6 Å². The van der Waals surface area contributed by atoms with Crippen LogP contribution in [0.5, 0.6) is 5.75 Å². The second kappa shape index (κ2) is 6.53. The van der Waals surface area contributed by atoms with E-state index in [0.717, 1.165) is 5.56 Å². The van der Waals surface area contributed by atoms with Crippen LogP contribution in [0.15, 0.2) is 42.6 Å². The van der Waals surface area contributed by atoms with E-state index in [0.29, 0.717) is 24.3 Å². The van der Waals surface area contributed by atoms with Gasteiger partial charge in [0.1, 0.15) is 11.4 Å². The number of pyridine rings is 1. The highest BCUT2D eigenvalue weighted by Crippen LogP contribution is 2.09. The molecule has 0 saturated carbocycles. The van der Waals surface area contributed by atoms with Crippen LogP contribution in [0.2, 0.25) is 0 Å². The van der Waals surface area contributed by atoms with Crippen molar-refractivity contribution in [3.8, 4) is 5.75 Å². The fourth-order valence-corrected chi connectivity index (χ4v) is 1.69. The SMILES string of the molecule is NNc1ccc(C(=O)NCCc2ccc(O)cc2)nc1. The number of aromatic hydroxyl groups is 1. The minimum atomic E-state index is -0.229. The molecule has 104 valence electrons. The number of nitrogens with zero attached hydrogens (tertiary/aromatic N) is 1. The molecule has 0 aliphatic rings. The first-order valence-electron chi connectivity index (χ1n) is 6.18. The zero-order valence-corrected chi connectivity index (χ0v) is 10.8. The van der Waals surface area contributed by atoms with E-state index in [1.54, 1.807) is 24.3 Å². The summed E-state index contributed by atoms with van der Waals surface area (Å²) < 4.78 is 0. The minimum Gasteiger partial charge on any atom is -0.508 e. The maximum Gasteiger partial charge on any atom is 0.269 e. The van der Waals surface area contributed by atoms with Crippen molar-refractivity contribution >= 4 is 11.6 Å². The molecule has 1 amide bonds. The molecular formula is C14H16N4O2. The van der Waals surface area contributed by atoms with Gasteiger partial charge in [-0.15, -0.1) is 0 Å². The maximum atomic E-state index is 11.8. The number of nitrogens with one attached hydrogen (secondary N) is 2. The van der Waals surface area contributed by atoms with E-state index >= 15 is 0 Å². The Hall–Kier alpha value is -2.60. The number of hydrogen-bond acceptors (Lipinski definition) is 5. The number of phenolic OH excluding ortho intramolecular Hbond substituents is 1. The standard InChI is InChI=1S/C14H16N4O2/c15-18-11-3-6-13(17-9-11)14(20)16-8-7-10-1-4-12(19)5-2-10/h1-6,9,18-19H,7-8,15H2,(H,16,20). The van der Waals surface area contributed by atoms with Crippen molar-refractivity contribution in [1.82, 2.24) is 10.3 Å². The van der Waals surface area contributed by atoms with Gasteiger partial charge in [-0.3, -0.25) is 10.6 Å². The molecule has 5 N–H and O–H groups in total. The lowest BCUT2D eigenvalue weighted by Crippen LogP contribution is -2.26. The van der Waals surface area contributed by atoms with Gasteiger partial charge in [0.15, 0.2) is 0 Å². The molecule has 0 atom stereocenters. The van der Waals surface area contributed by atoms with Crippen LogP contribution in [0.3, 0.4) is 0 Å². The van der Waals surface area contributed by atoms with Crippen molar-refractivity contribution in [2.24, 2.45) is 5.84 Å². The number of hydrogen-bond donors (Lipinski definition) is 4. The number of phenols is 1. The third-order valence-electron chi connectivity index (χ3n) is 2.80. The molecule has 0 aliphatic carbocycles. The number of aromatic nitrogens is 1. The molecule has 1 aromatic heterocycles. The van der Waals surface area contributed by atoms with Crippen LogP contribution in [0, 0.1) is 0 Å². The summed E-state index contributed by atoms with van der Waals surface area (Å²) in [4.78, 5) is 15.8. The number of nitrogens with two attached hydrogens (primary N) is 1. The molecule has 0 saturated heterocycles. The fourth-order valence-electron chi connectivity index (χ4n) is 1.69. The van der Waals surface area contributed by atoms with Gasteiger partial charge in [0.2, 0.25) is 0 Å². The molecule has 0 aliphatic heterocycles. The van der Waals surface area contributed by atoms with Crippen LogP contribution in [0.25, 0.3) is 0 Å². The largest absolute Gasteiger partial charge is 0.508 e. The molecule has 0 unspecified atom stereocenters. The second-order valence-corrected chi connectivity index (χ2v) is 4.25. The Morgan fingerprint density at radius 3 is 2.55 bits per heavy atom. The van der Waals surface area contributed by atoms with Crippen molar-refractivity contribution in [2.75, 3.05) is 12.0 Å². The second-order valence-electron chi connectivity index (χ2n) is 4.25. The molecule has 0 bridgehead atoms. The first-order chi connectivity index (χ1) is 9.69. The molecule has 6 heteroatoms. The normalized spacial score (nSPS) is 10.1. The summed E-state index contributed by atoms with van der Waals surface area (Å²) in [6, 6.07) is 10.2. The summed E-state index contributed by atoms with van der Waals surface area (Å²) in [6.45, 7) is 0.502. The quantitative estimate of drug-likeness (QED) is 0.481. The molecule has 1 aromatic carbocycles. The summed E-state index contributed by atoms with van der Waals surface area (Å²) in [5, 5.41) is 12.0. The van der Waals surface area contributed by atoms with Crippen LogP contribution in [-0.2, 0) is 6.42 Å². The lowest BCUT2D eigenvalue weighted by atomic mass is 10.1. The Balaban J connectivity index is 1.83. The van der Waals surface area contributed by atoms with Crippen LogP contribution in [0.1, 0.15) is 16.1 Å². The predicted molar refractivity (Wildman–Crippen MR) is 76.2 cm³/mol. The van der Waals surface area contributed by atoms with Gasteiger partial charge in [0.25, 0.3) is 5.91 Å². The van der Waals surface area contributed by atoms with Crippen molar-refractivity contribution in [2.45, 2.75) is 6.42 Å². The third-order valence-corrected chi connectivity index (χ3v) is 2.80. The smallest absolute Gasteiger partial charge is 0.269 e. The zero-order valence-electron chi connectivity index (χ0n) is 10.8. The van der Waals surface area contributed by atoms with Crippen LogP contribution in [-0.4, -0.2) is 22.5 Å². The van der Waals surface area contributed by atoms with E-state index < -0.39 is 0 Å². The number of carbonyl (C=O) groups is 1. The van der Waals surface area contributed by atoms with Gasteiger partial charge in [-0.2, -0.15) is 0 Å². The fraction of sp³-hybridized carbons (Fsp3) is 0.143. The molecule has 6 nitrogen and oxygen atoms in total. The lowest BCUT2D eigenvalue weighted by Gasteiger charge is -2.06. The first-order valence-corrected chi connectivity index (χ1v) is 6.18. The van der Waals surface area contributed by atoms with E-state index in [1.807, 2.05) is 12.1 Å². The summed E-state index contributed by atoms with van der Waals surface area (Å²) in [5.41, 5.74) is 4.47. The van der Waals surface area contributed by atoms with Gasteiger partial charge >= 0.3 is 0 Å². The van der Waals surface area contributed by atoms with E-state index in [1.165, 1.54) is 6.20 Å². The summed E-state index contributed by atoms with van der Waals surface area (Å²) in [6.07, 6.45) is 2.18. The van der Waals surface area contributed by atoms with E-state index in [-0.39, 0.29) is 11.7 Å². The Labute approximate surface area is 116 Å². The number of amides is 1. The summed E-state index contributed by atoms with van der Waals surface area (Å²) >= 11 is 0. The number of anilines is 1. The molecule has 0 radical (unpaired) electrons.